The van der Waals surface area contributed by atoms with Crippen LogP contribution in [0.15, 0.2) is 13.7 Å². The van der Waals surface area contributed by atoms with Gasteiger partial charge in [0.25, 0.3) is 0 Å². The van der Waals surface area contributed by atoms with E-state index < -0.39 is 0 Å². The van der Waals surface area contributed by atoms with Crippen molar-refractivity contribution in [3.05, 3.63) is 13.7 Å². The minimum atomic E-state index is -0.323. The predicted molar refractivity (Wildman–Crippen MR) is 96.4 cm³/mol. The van der Waals surface area contributed by atoms with E-state index in [9.17, 15) is 4.79 Å². The van der Waals surface area contributed by atoms with Crippen molar-refractivity contribution in [2.24, 2.45) is 0 Å². The van der Waals surface area contributed by atoms with Crippen LogP contribution in [0.25, 0.3) is 0 Å². The molecule has 1 aromatic heterocycles. The molecule has 1 amide bonds. The normalized spacial score (nSPS) is 12.5. The third kappa shape index (κ3) is 5.06. The molecule has 0 spiro atoms. The third-order valence-electron chi connectivity index (χ3n) is 3.36. The molecule has 0 saturated heterocycles. The number of unbranched alkanes of at least 4 members (excludes halogenated alkanes) is 2. The Morgan fingerprint density at radius 1 is 1.19 bits per heavy atom. The van der Waals surface area contributed by atoms with Crippen LogP contribution in [0.3, 0.4) is 0 Å². The molecular formula is C14H22Br3N3O. The molecular weight excluding hydrogens is 466 g/mol. The van der Waals surface area contributed by atoms with Crippen molar-refractivity contribution < 1.29 is 4.79 Å². The standard InChI is InChI=1S/C14H22Br3N3O/c1-4-6-8-19(9-7-5-2)14(21)10(3)20-13(17)11(15)12(16)18-20/h10H,4-9H2,1-3H3. The molecule has 0 aliphatic carbocycles. The van der Waals surface area contributed by atoms with Gasteiger partial charge in [-0.2, -0.15) is 5.10 Å². The van der Waals surface area contributed by atoms with Crippen LogP contribution in [0.1, 0.15) is 52.5 Å². The summed E-state index contributed by atoms with van der Waals surface area (Å²) in [4.78, 5) is 14.7. The fourth-order valence-electron chi connectivity index (χ4n) is 2.02. The number of hydrogen-bond acceptors (Lipinski definition) is 2. The summed E-state index contributed by atoms with van der Waals surface area (Å²) >= 11 is 10.3. The maximum atomic E-state index is 12.7. The fourth-order valence-corrected chi connectivity index (χ4v) is 3.48. The van der Waals surface area contributed by atoms with Crippen molar-refractivity contribution in [3.8, 4) is 0 Å². The summed E-state index contributed by atoms with van der Waals surface area (Å²) in [5.74, 6) is 0.125. The lowest BCUT2D eigenvalue weighted by Crippen LogP contribution is -2.38. The highest BCUT2D eigenvalue weighted by Gasteiger charge is 2.25. The van der Waals surface area contributed by atoms with E-state index in [2.05, 4.69) is 66.7 Å². The van der Waals surface area contributed by atoms with Gasteiger partial charge in [0.2, 0.25) is 5.91 Å². The zero-order valence-electron chi connectivity index (χ0n) is 12.7. The van der Waals surface area contributed by atoms with E-state index in [4.69, 9.17) is 0 Å². The Morgan fingerprint density at radius 3 is 2.10 bits per heavy atom. The van der Waals surface area contributed by atoms with Crippen LogP contribution in [0, 0.1) is 0 Å². The first-order chi connectivity index (χ1) is 9.93. The van der Waals surface area contributed by atoms with Gasteiger partial charge in [-0.25, -0.2) is 4.68 Å². The molecule has 1 aromatic rings. The van der Waals surface area contributed by atoms with Gasteiger partial charge in [0.1, 0.15) is 15.2 Å². The molecule has 1 heterocycles. The average Bonchev–Trinajstić information content (AvgIpc) is 2.73. The third-order valence-corrected chi connectivity index (χ3v) is 6.49. The molecule has 120 valence electrons. The summed E-state index contributed by atoms with van der Waals surface area (Å²) in [6.07, 6.45) is 4.26. The second-order valence-corrected chi connectivity index (χ2v) is 7.34. The molecule has 0 aromatic carbocycles. The zero-order chi connectivity index (χ0) is 16.0. The molecule has 0 aliphatic heterocycles. The van der Waals surface area contributed by atoms with Crippen LogP contribution < -0.4 is 0 Å². The maximum Gasteiger partial charge on any atom is 0.247 e. The van der Waals surface area contributed by atoms with E-state index in [1.165, 1.54) is 0 Å². The molecule has 4 nitrogen and oxygen atoms in total. The number of aromatic nitrogens is 2. The average molecular weight is 488 g/mol. The van der Waals surface area contributed by atoms with Crippen molar-refractivity contribution in [2.45, 2.75) is 52.5 Å². The number of halogens is 3. The number of rotatable bonds is 8. The number of hydrogen-bond donors (Lipinski definition) is 0. The quantitative estimate of drug-likeness (QED) is 0.508. The second-order valence-electron chi connectivity index (χ2n) is 5.05. The van der Waals surface area contributed by atoms with Crippen molar-refractivity contribution in [1.82, 2.24) is 14.7 Å². The van der Waals surface area contributed by atoms with Gasteiger partial charge in [0.15, 0.2) is 0 Å². The van der Waals surface area contributed by atoms with Gasteiger partial charge in [0, 0.05) is 13.1 Å². The van der Waals surface area contributed by atoms with Crippen LogP contribution >= 0.6 is 47.8 Å². The topological polar surface area (TPSA) is 38.1 Å². The Hall–Kier alpha value is 0.120. The lowest BCUT2D eigenvalue weighted by atomic mass is 10.2. The molecule has 0 aliphatic rings. The molecule has 1 unspecified atom stereocenters. The molecule has 0 bridgehead atoms. The van der Waals surface area contributed by atoms with E-state index in [-0.39, 0.29) is 11.9 Å². The van der Waals surface area contributed by atoms with Crippen LogP contribution in [0.5, 0.6) is 0 Å². The Labute approximate surface area is 152 Å². The smallest absolute Gasteiger partial charge is 0.247 e. The maximum absolute atomic E-state index is 12.7. The lowest BCUT2D eigenvalue weighted by molar-refractivity contribution is -0.134. The van der Waals surface area contributed by atoms with Gasteiger partial charge in [0.05, 0.1) is 4.47 Å². The van der Waals surface area contributed by atoms with E-state index in [1.807, 2.05) is 11.8 Å². The van der Waals surface area contributed by atoms with Crippen LogP contribution in [-0.4, -0.2) is 33.7 Å². The summed E-state index contributed by atoms with van der Waals surface area (Å²) in [6, 6.07) is -0.323. The number of amides is 1. The van der Waals surface area contributed by atoms with Crippen LogP contribution in [0.2, 0.25) is 0 Å². The summed E-state index contributed by atoms with van der Waals surface area (Å²) in [7, 11) is 0. The van der Waals surface area contributed by atoms with Crippen LogP contribution in [0.4, 0.5) is 0 Å². The van der Waals surface area contributed by atoms with Gasteiger partial charge in [-0.05, 0) is 67.6 Å². The first-order valence-corrected chi connectivity index (χ1v) is 9.69. The second kappa shape index (κ2) is 9.30. The van der Waals surface area contributed by atoms with Gasteiger partial charge in [-0.1, -0.05) is 26.7 Å². The number of carbonyl (C=O) groups is 1. The molecule has 21 heavy (non-hydrogen) atoms. The fraction of sp³-hybridized carbons (Fsp3) is 0.714. The van der Waals surface area contributed by atoms with E-state index in [0.717, 1.165) is 47.8 Å². The largest absolute Gasteiger partial charge is 0.341 e. The molecule has 0 saturated carbocycles. The highest BCUT2D eigenvalue weighted by Crippen LogP contribution is 2.32. The minimum Gasteiger partial charge on any atom is -0.341 e. The van der Waals surface area contributed by atoms with E-state index >= 15 is 0 Å². The Kier molecular flexibility index (Phi) is 8.49. The van der Waals surface area contributed by atoms with Crippen LogP contribution in [-0.2, 0) is 4.79 Å². The van der Waals surface area contributed by atoms with Gasteiger partial charge in [-0.15, -0.1) is 0 Å². The summed E-state index contributed by atoms with van der Waals surface area (Å²) in [6.45, 7) is 7.82. The van der Waals surface area contributed by atoms with Crippen molar-refractivity contribution >= 4 is 53.7 Å². The molecule has 7 heteroatoms. The molecule has 0 fully saturated rings. The number of carbonyl (C=O) groups excluding carboxylic acids is 1. The molecule has 0 radical (unpaired) electrons. The number of nitrogens with zero attached hydrogens (tertiary/aromatic N) is 3. The Balaban J connectivity index is 2.87. The SMILES string of the molecule is CCCCN(CCCC)C(=O)C(C)n1nc(Br)c(Br)c1Br. The molecule has 1 atom stereocenters. The van der Waals surface area contributed by atoms with E-state index in [0.29, 0.717) is 4.60 Å². The van der Waals surface area contributed by atoms with E-state index in [1.54, 1.807) is 4.68 Å². The van der Waals surface area contributed by atoms with Gasteiger partial charge >= 0.3 is 0 Å². The summed E-state index contributed by atoms with van der Waals surface area (Å²) in [5.41, 5.74) is 0. The van der Waals surface area contributed by atoms with Crippen molar-refractivity contribution in [3.63, 3.8) is 0 Å². The van der Waals surface area contributed by atoms with Gasteiger partial charge < -0.3 is 4.90 Å². The lowest BCUT2D eigenvalue weighted by Gasteiger charge is -2.26. The highest BCUT2D eigenvalue weighted by molar-refractivity contribution is 9.14. The molecule has 0 N–H and O–H groups in total. The predicted octanol–water partition coefficient (Wildman–Crippen LogP) is 5.16. The van der Waals surface area contributed by atoms with Crippen molar-refractivity contribution in [2.75, 3.05) is 13.1 Å². The monoisotopic (exact) mass is 485 g/mol. The first kappa shape index (κ1) is 19.2. The van der Waals surface area contributed by atoms with Crippen molar-refractivity contribution in [1.29, 1.82) is 0 Å². The summed E-state index contributed by atoms with van der Waals surface area (Å²) in [5, 5.41) is 4.37. The first-order valence-electron chi connectivity index (χ1n) is 7.31. The molecule has 1 rings (SSSR count). The Morgan fingerprint density at radius 2 is 1.71 bits per heavy atom. The minimum absolute atomic E-state index is 0.125. The zero-order valence-corrected chi connectivity index (χ0v) is 17.5. The summed E-state index contributed by atoms with van der Waals surface area (Å²) < 4.78 is 4.01. The highest BCUT2D eigenvalue weighted by atomic mass is 79.9. The Bertz CT molecular complexity index is 468. The van der Waals surface area contributed by atoms with Gasteiger partial charge in [-0.3, -0.25) is 4.79 Å².